The number of aliphatic hydroxyl groups is 7. The molecule has 2 saturated heterocycles. The van der Waals surface area contributed by atoms with Crippen LogP contribution in [0.15, 0.2) is 24.3 Å². The lowest BCUT2D eigenvalue weighted by Crippen LogP contribution is -2.65. The second kappa shape index (κ2) is 10.3. The summed E-state index contributed by atoms with van der Waals surface area (Å²) in [7, 11) is 0. The lowest BCUT2D eigenvalue weighted by molar-refractivity contribution is -0.387. The molecule has 0 aromatic heterocycles. The van der Waals surface area contributed by atoms with Crippen molar-refractivity contribution in [3.63, 3.8) is 0 Å². The molecule has 0 bridgehead atoms. The molecule has 3 rings (SSSR count). The van der Waals surface area contributed by atoms with Gasteiger partial charge in [-0.3, -0.25) is 10.1 Å². The van der Waals surface area contributed by atoms with E-state index in [1.165, 1.54) is 18.2 Å². The summed E-state index contributed by atoms with van der Waals surface area (Å²) >= 11 is 0. The molecule has 32 heavy (non-hydrogen) atoms. The Balaban J connectivity index is 1.81. The van der Waals surface area contributed by atoms with Crippen LogP contribution in [0.25, 0.3) is 0 Å². The summed E-state index contributed by atoms with van der Waals surface area (Å²) in [6.45, 7) is -1.48. The summed E-state index contributed by atoms with van der Waals surface area (Å²) in [5.74, 6) is -0.263. The minimum Gasteiger partial charge on any atom is -0.455 e. The van der Waals surface area contributed by atoms with Crippen molar-refractivity contribution in [2.75, 3.05) is 13.2 Å². The van der Waals surface area contributed by atoms with Crippen molar-refractivity contribution in [2.45, 2.75) is 61.4 Å². The van der Waals surface area contributed by atoms with E-state index >= 15 is 0 Å². The first-order valence-corrected chi connectivity index (χ1v) is 9.68. The number of aliphatic hydroxyl groups excluding tert-OH is 7. The van der Waals surface area contributed by atoms with E-state index in [-0.39, 0.29) is 5.75 Å². The number of hydrogen-bond acceptors (Lipinski definition) is 13. The van der Waals surface area contributed by atoms with Gasteiger partial charge in [-0.05, 0) is 6.07 Å². The Morgan fingerprint density at radius 2 is 1.44 bits per heavy atom. The Labute approximate surface area is 180 Å². The van der Waals surface area contributed by atoms with Crippen molar-refractivity contribution < 1.29 is 59.6 Å². The quantitative estimate of drug-likeness (QED) is 0.155. The number of rotatable bonds is 7. The molecule has 7 N–H and O–H groups in total. The van der Waals surface area contributed by atoms with Gasteiger partial charge in [0.1, 0.15) is 48.8 Å². The summed E-state index contributed by atoms with van der Waals surface area (Å²) in [5.41, 5.74) is -0.429. The van der Waals surface area contributed by atoms with Crippen LogP contribution in [-0.4, -0.2) is 115 Å². The smallest absolute Gasteiger partial charge is 0.311 e. The lowest BCUT2D eigenvalue weighted by Gasteiger charge is -2.45. The van der Waals surface area contributed by atoms with Gasteiger partial charge in [-0.15, -0.1) is 0 Å². The van der Waals surface area contributed by atoms with Crippen LogP contribution in [0, 0.1) is 10.1 Å². The zero-order valence-corrected chi connectivity index (χ0v) is 16.5. The molecular weight excluding hydrogens is 438 g/mol. The largest absolute Gasteiger partial charge is 0.455 e. The van der Waals surface area contributed by atoms with Gasteiger partial charge < -0.3 is 54.7 Å². The third-order valence-electron chi connectivity index (χ3n) is 5.27. The van der Waals surface area contributed by atoms with Gasteiger partial charge in [-0.25, -0.2) is 0 Å². The Bertz CT molecular complexity index is 779. The van der Waals surface area contributed by atoms with E-state index in [1.807, 2.05) is 0 Å². The zero-order valence-electron chi connectivity index (χ0n) is 16.5. The maximum atomic E-state index is 11.2. The molecule has 2 heterocycles. The summed E-state index contributed by atoms with van der Waals surface area (Å²) in [6, 6.07) is 5.25. The van der Waals surface area contributed by atoms with Crippen LogP contribution >= 0.6 is 0 Å². The van der Waals surface area contributed by atoms with Gasteiger partial charge in [0.05, 0.1) is 18.1 Å². The van der Waals surface area contributed by atoms with Crippen LogP contribution in [0.3, 0.4) is 0 Å². The van der Waals surface area contributed by atoms with Crippen LogP contribution in [0.5, 0.6) is 5.75 Å². The summed E-state index contributed by atoms with van der Waals surface area (Å²) in [5, 5.41) is 81.1. The Hall–Kier alpha value is -1.98. The van der Waals surface area contributed by atoms with Gasteiger partial charge in [-0.2, -0.15) is 0 Å². The molecule has 0 amide bonds. The van der Waals surface area contributed by atoms with Gasteiger partial charge in [0.2, 0.25) is 6.29 Å². The molecule has 2 aliphatic rings. The maximum Gasteiger partial charge on any atom is 0.311 e. The highest BCUT2D eigenvalue weighted by atomic mass is 16.7. The normalized spacial score (nSPS) is 40.1. The average Bonchev–Trinajstić information content (AvgIpc) is 2.78. The first kappa shape index (κ1) is 24.7. The molecule has 0 aliphatic carbocycles. The summed E-state index contributed by atoms with van der Waals surface area (Å²) in [4.78, 5) is 10.5. The van der Waals surface area contributed by atoms with E-state index in [0.29, 0.717) is 0 Å². The highest BCUT2D eigenvalue weighted by Gasteiger charge is 2.51. The number of nitrogens with zero attached hydrogens (tertiary/aromatic N) is 1. The maximum absolute atomic E-state index is 11.2. The van der Waals surface area contributed by atoms with Crippen molar-refractivity contribution in [3.05, 3.63) is 34.4 Å². The number of nitro benzene ring substituents is 1. The van der Waals surface area contributed by atoms with Crippen molar-refractivity contribution in [1.82, 2.24) is 0 Å². The van der Waals surface area contributed by atoms with E-state index < -0.39 is 85.2 Å². The average molecular weight is 463 g/mol. The number of hydrogen-bond donors (Lipinski definition) is 7. The third kappa shape index (κ3) is 4.84. The van der Waals surface area contributed by atoms with Crippen LogP contribution < -0.4 is 4.74 Å². The molecule has 1 aromatic carbocycles. The summed E-state index contributed by atoms with van der Waals surface area (Å²) < 4.78 is 21.4. The Morgan fingerprint density at radius 3 is 2.06 bits per heavy atom. The van der Waals surface area contributed by atoms with E-state index in [0.717, 1.165) is 6.07 Å². The molecule has 0 unspecified atom stereocenters. The fourth-order valence-electron chi connectivity index (χ4n) is 3.48. The fourth-order valence-corrected chi connectivity index (χ4v) is 3.48. The van der Waals surface area contributed by atoms with Crippen molar-refractivity contribution in [1.29, 1.82) is 0 Å². The molecule has 2 fully saturated rings. The molecule has 0 saturated carbocycles. The first-order chi connectivity index (χ1) is 15.2. The molecular formula is C18H25NO13. The van der Waals surface area contributed by atoms with E-state index in [2.05, 4.69) is 0 Å². The van der Waals surface area contributed by atoms with Gasteiger partial charge in [-0.1, -0.05) is 12.1 Å². The SMILES string of the molecule is O=[N+]([O-])c1ccccc1O[C@@H]1O[C@H](CO)[C@H](O)[C@H](O[C@@H]2O[C@H](CO)[C@H](O)[C@H](O)[C@H]2O)[C@H]1O. The number of para-hydroxylation sites is 2. The van der Waals surface area contributed by atoms with Crippen molar-refractivity contribution >= 4 is 5.69 Å². The van der Waals surface area contributed by atoms with Crippen LogP contribution in [-0.2, 0) is 14.2 Å². The molecule has 0 radical (unpaired) electrons. The topological polar surface area (TPSA) is 222 Å². The fraction of sp³-hybridized carbons (Fsp3) is 0.667. The molecule has 180 valence electrons. The van der Waals surface area contributed by atoms with Crippen LogP contribution in [0.4, 0.5) is 5.69 Å². The molecule has 2 aliphatic heterocycles. The third-order valence-corrected chi connectivity index (χ3v) is 5.27. The Morgan fingerprint density at radius 1 is 0.844 bits per heavy atom. The van der Waals surface area contributed by atoms with Crippen molar-refractivity contribution in [3.8, 4) is 5.75 Å². The molecule has 10 atom stereocenters. The van der Waals surface area contributed by atoms with E-state index in [1.54, 1.807) is 0 Å². The van der Waals surface area contributed by atoms with Gasteiger partial charge in [0.25, 0.3) is 0 Å². The zero-order chi connectivity index (χ0) is 23.6. The van der Waals surface area contributed by atoms with Crippen LogP contribution in [0.2, 0.25) is 0 Å². The minimum atomic E-state index is -1.82. The second-order valence-electron chi connectivity index (χ2n) is 7.35. The minimum absolute atomic E-state index is 0.263. The van der Waals surface area contributed by atoms with E-state index in [9.17, 15) is 45.9 Å². The predicted molar refractivity (Wildman–Crippen MR) is 100 cm³/mol. The summed E-state index contributed by atoms with van der Waals surface area (Å²) in [6.07, 6.45) is -16.4. The molecule has 14 heteroatoms. The van der Waals surface area contributed by atoms with Gasteiger partial charge in [0.15, 0.2) is 12.0 Å². The highest BCUT2D eigenvalue weighted by Crippen LogP contribution is 2.33. The van der Waals surface area contributed by atoms with Crippen molar-refractivity contribution in [2.24, 2.45) is 0 Å². The number of nitro groups is 1. The first-order valence-electron chi connectivity index (χ1n) is 9.68. The van der Waals surface area contributed by atoms with E-state index in [4.69, 9.17) is 18.9 Å². The molecule has 14 nitrogen and oxygen atoms in total. The van der Waals surface area contributed by atoms with Gasteiger partial charge >= 0.3 is 5.69 Å². The standard InChI is InChI=1S/C18H25NO13/c20-5-9-11(22)13(24)14(25)17(30-9)32-16-12(23)10(6-21)31-18(15(16)26)29-8-4-2-1-3-7(8)19(27)28/h1-4,9-18,20-26H,5-6H2/t9-,10-,11+,12+,13+,14-,15-,16+,17+,18-/m1/s1. The number of ether oxygens (including phenoxy) is 4. The second-order valence-corrected chi connectivity index (χ2v) is 7.35. The number of benzene rings is 1. The predicted octanol–water partition coefficient (Wildman–Crippen LogP) is -3.40. The van der Waals surface area contributed by atoms with Gasteiger partial charge in [0, 0.05) is 6.07 Å². The lowest BCUT2D eigenvalue weighted by atomic mass is 9.97. The monoisotopic (exact) mass is 463 g/mol. The highest BCUT2D eigenvalue weighted by molar-refractivity contribution is 5.45. The Kier molecular flexibility index (Phi) is 7.94. The van der Waals surface area contributed by atoms with Crippen LogP contribution in [0.1, 0.15) is 0 Å². The molecule has 0 spiro atoms. The molecule has 1 aromatic rings.